The van der Waals surface area contributed by atoms with E-state index >= 15 is 0 Å². The molecule has 2 aromatic rings. The molecule has 2 rings (SSSR count). The molecule has 0 saturated carbocycles. The third kappa shape index (κ3) is 3.96. The molecule has 0 spiro atoms. The van der Waals surface area contributed by atoms with Gasteiger partial charge in [0.2, 0.25) is 0 Å². The SMILES string of the molecule is O=C(O)Cc1ccc(S(=O)(=O)Nc2ccccc2Cl)cc1. The first-order valence-electron chi connectivity index (χ1n) is 5.96. The molecule has 0 aromatic heterocycles. The summed E-state index contributed by atoms with van der Waals surface area (Å²) in [7, 11) is -3.76. The molecule has 0 amide bonds. The van der Waals surface area contributed by atoms with Crippen LogP contribution in [0, 0.1) is 0 Å². The van der Waals surface area contributed by atoms with Crippen LogP contribution in [0.4, 0.5) is 5.69 Å². The van der Waals surface area contributed by atoms with Crippen LogP contribution in [-0.2, 0) is 21.2 Å². The van der Waals surface area contributed by atoms with Gasteiger partial charge in [0.1, 0.15) is 0 Å². The third-order valence-electron chi connectivity index (χ3n) is 2.71. The largest absolute Gasteiger partial charge is 0.481 e. The second kappa shape index (κ2) is 6.15. The molecule has 5 nitrogen and oxygen atoms in total. The number of sulfonamides is 1. The Bertz CT molecular complexity index is 757. The maximum Gasteiger partial charge on any atom is 0.307 e. The van der Waals surface area contributed by atoms with Crippen molar-refractivity contribution in [1.82, 2.24) is 0 Å². The molecule has 0 aliphatic rings. The van der Waals surface area contributed by atoms with Crippen LogP contribution in [0.25, 0.3) is 0 Å². The van der Waals surface area contributed by atoms with Crippen LogP contribution in [0.2, 0.25) is 5.02 Å². The van der Waals surface area contributed by atoms with Crippen LogP contribution >= 0.6 is 11.6 Å². The van der Waals surface area contributed by atoms with Gasteiger partial charge in [0, 0.05) is 0 Å². The van der Waals surface area contributed by atoms with E-state index in [1.54, 1.807) is 24.3 Å². The fraction of sp³-hybridized carbons (Fsp3) is 0.0714. The standard InChI is InChI=1S/C14H12ClNO4S/c15-12-3-1-2-4-13(12)16-21(19,20)11-7-5-10(6-8-11)9-14(17)18/h1-8,16H,9H2,(H,17,18). The average molecular weight is 326 g/mol. The number of rotatable bonds is 5. The molecule has 110 valence electrons. The molecule has 7 heteroatoms. The number of carboxylic acids is 1. The fourth-order valence-corrected chi connectivity index (χ4v) is 3.03. The number of hydrogen-bond acceptors (Lipinski definition) is 3. The average Bonchev–Trinajstić information content (AvgIpc) is 2.41. The third-order valence-corrected chi connectivity index (χ3v) is 4.42. The summed E-state index contributed by atoms with van der Waals surface area (Å²) in [5.41, 5.74) is 0.813. The zero-order valence-electron chi connectivity index (χ0n) is 10.8. The van der Waals surface area contributed by atoms with Crippen LogP contribution in [0.3, 0.4) is 0 Å². The van der Waals surface area contributed by atoms with Crippen molar-refractivity contribution >= 4 is 33.3 Å². The number of nitrogens with one attached hydrogen (secondary N) is 1. The molecular weight excluding hydrogens is 314 g/mol. The summed E-state index contributed by atoms with van der Waals surface area (Å²) in [6.45, 7) is 0. The van der Waals surface area contributed by atoms with E-state index in [2.05, 4.69) is 4.72 Å². The Morgan fingerprint density at radius 1 is 1.10 bits per heavy atom. The maximum atomic E-state index is 12.2. The van der Waals surface area contributed by atoms with Crippen molar-refractivity contribution in [3.05, 3.63) is 59.1 Å². The zero-order valence-corrected chi connectivity index (χ0v) is 12.4. The van der Waals surface area contributed by atoms with Crippen molar-refractivity contribution in [2.75, 3.05) is 4.72 Å². The Balaban J connectivity index is 2.24. The molecule has 0 radical (unpaired) electrons. The van der Waals surface area contributed by atoms with Gasteiger partial charge in [0.25, 0.3) is 10.0 Å². The van der Waals surface area contributed by atoms with E-state index in [-0.39, 0.29) is 17.0 Å². The lowest BCUT2D eigenvalue weighted by Gasteiger charge is -2.09. The first-order valence-corrected chi connectivity index (χ1v) is 7.83. The van der Waals surface area contributed by atoms with E-state index in [4.69, 9.17) is 16.7 Å². The van der Waals surface area contributed by atoms with Gasteiger partial charge in [-0.3, -0.25) is 9.52 Å². The van der Waals surface area contributed by atoms with Crippen LogP contribution < -0.4 is 4.72 Å². The quantitative estimate of drug-likeness (QED) is 0.885. The highest BCUT2D eigenvalue weighted by molar-refractivity contribution is 7.92. The minimum atomic E-state index is -3.76. The van der Waals surface area contributed by atoms with Crippen LogP contribution in [0.1, 0.15) is 5.56 Å². The lowest BCUT2D eigenvalue weighted by atomic mass is 10.2. The number of benzene rings is 2. The molecule has 0 saturated heterocycles. The summed E-state index contributed by atoms with van der Waals surface area (Å²) >= 11 is 5.91. The molecule has 0 aliphatic heterocycles. The molecule has 2 N–H and O–H groups in total. The number of carbonyl (C=O) groups is 1. The van der Waals surface area contributed by atoms with Gasteiger partial charge in [0.15, 0.2) is 0 Å². The topological polar surface area (TPSA) is 83.5 Å². The monoisotopic (exact) mass is 325 g/mol. The fourth-order valence-electron chi connectivity index (χ4n) is 1.71. The predicted octanol–water partition coefficient (Wildman–Crippen LogP) is 2.77. The minimum absolute atomic E-state index is 0.0385. The van der Waals surface area contributed by atoms with E-state index < -0.39 is 16.0 Å². The van der Waals surface area contributed by atoms with Crippen molar-refractivity contribution in [2.24, 2.45) is 0 Å². The van der Waals surface area contributed by atoms with Gasteiger partial charge in [-0.15, -0.1) is 0 Å². The van der Waals surface area contributed by atoms with Crippen molar-refractivity contribution in [2.45, 2.75) is 11.3 Å². The summed E-state index contributed by atoms with van der Waals surface area (Å²) in [4.78, 5) is 10.6. The molecule has 0 atom stereocenters. The van der Waals surface area contributed by atoms with Crippen LogP contribution in [-0.4, -0.2) is 19.5 Å². The molecule has 0 aliphatic carbocycles. The van der Waals surface area contributed by atoms with Crippen LogP contribution in [0.15, 0.2) is 53.4 Å². The van der Waals surface area contributed by atoms with Gasteiger partial charge in [-0.1, -0.05) is 35.9 Å². The van der Waals surface area contributed by atoms with Crippen molar-refractivity contribution in [3.8, 4) is 0 Å². The summed E-state index contributed by atoms with van der Waals surface area (Å²) in [5, 5.41) is 8.97. The predicted molar refractivity (Wildman–Crippen MR) is 80.0 cm³/mol. The van der Waals surface area contributed by atoms with E-state index in [9.17, 15) is 13.2 Å². The number of hydrogen-bond donors (Lipinski definition) is 2. The summed E-state index contributed by atoms with van der Waals surface area (Å²) in [5.74, 6) is -0.972. The van der Waals surface area contributed by atoms with Gasteiger partial charge in [-0.05, 0) is 29.8 Å². The Morgan fingerprint density at radius 3 is 2.29 bits per heavy atom. The van der Waals surface area contributed by atoms with Crippen LogP contribution in [0.5, 0.6) is 0 Å². The zero-order chi connectivity index (χ0) is 15.5. The van der Waals surface area contributed by atoms with E-state index in [1.807, 2.05) is 0 Å². The molecule has 21 heavy (non-hydrogen) atoms. The Labute approximate surface area is 127 Å². The number of halogens is 1. The van der Waals surface area contributed by atoms with Gasteiger partial charge in [0.05, 0.1) is 22.0 Å². The van der Waals surface area contributed by atoms with E-state index in [0.717, 1.165) is 0 Å². The number of para-hydroxylation sites is 1. The summed E-state index contributed by atoms with van der Waals surface area (Å²) in [6.07, 6.45) is -0.154. The number of anilines is 1. The normalized spacial score (nSPS) is 11.1. The van der Waals surface area contributed by atoms with Crippen molar-refractivity contribution < 1.29 is 18.3 Å². The summed E-state index contributed by atoms with van der Waals surface area (Å²) in [6, 6.07) is 12.1. The first kappa shape index (κ1) is 15.3. The molecule has 0 unspecified atom stereocenters. The molecule has 0 bridgehead atoms. The van der Waals surface area contributed by atoms with Gasteiger partial charge < -0.3 is 5.11 Å². The van der Waals surface area contributed by atoms with E-state index in [0.29, 0.717) is 10.6 Å². The lowest BCUT2D eigenvalue weighted by Crippen LogP contribution is -2.13. The van der Waals surface area contributed by atoms with Gasteiger partial charge >= 0.3 is 5.97 Å². The Morgan fingerprint density at radius 2 is 1.71 bits per heavy atom. The molecule has 0 fully saturated rings. The van der Waals surface area contributed by atoms with Gasteiger partial charge in [-0.25, -0.2) is 8.42 Å². The van der Waals surface area contributed by atoms with Crippen molar-refractivity contribution in [1.29, 1.82) is 0 Å². The van der Waals surface area contributed by atoms with E-state index in [1.165, 1.54) is 24.3 Å². The highest BCUT2D eigenvalue weighted by Crippen LogP contribution is 2.24. The van der Waals surface area contributed by atoms with Crippen molar-refractivity contribution in [3.63, 3.8) is 0 Å². The number of aliphatic carboxylic acids is 1. The Hall–Kier alpha value is -2.05. The first-order chi connectivity index (χ1) is 9.88. The molecular formula is C14H12ClNO4S. The second-order valence-electron chi connectivity index (χ2n) is 4.30. The highest BCUT2D eigenvalue weighted by Gasteiger charge is 2.15. The molecule has 0 heterocycles. The van der Waals surface area contributed by atoms with Gasteiger partial charge in [-0.2, -0.15) is 0 Å². The summed E-state index contributed by atoms with van der Waals surface area (Å²) < 4.78 is 26.8. The maximum absolute atomic E-state index is 12.2. The number of carboxylic acid groups (broad SMARTS) is 1. The molecule has 2 aromatic carbocycles. The Kier molecular flexibility index (Phi) is 4.50. The smallest absolute Gasteiger partial charge is 0.307 e. The lowest BCUT2D eigenvalue weighted by molar-refractivity contribution is -0.136. The highest BCUT2D eigenvalue weighted by atomic mass is 35.5. The minimum Gasteiger partial charge on any atom is -0.481 e. The second-order valence-corrected chi connectivity index (χ2v) is 6.39.